The zero-order valence-electron chi connectivity index (χ0n) is 19.6. The van der Waals surface area contributed by atoms with Gasteiger partial charge in [-0.1, -0.05) is 12.1 Å². The van der Waals surface area contributed by atoms with Gasteiger partial charge in [-0.25, -0.2) is 17.6 Å². The van der Waals surface area contributed by atoms with Gasteiger partial charge in [0.1, 0.15) is 23.4 Å². The van der Waals surface area contributed by atoms with E-state index in [1.54, 1.807) is 30.3 Å². The number of ether oxygens (including phenoxy) is 2. The summed E-state index contributed by atoms with van der Waals surface area (Å²) in [7, 11) is -2.77. The minimum absolute atomic E-state index is 0.0227. The molecule has 0 fully saturated rings. The molecular formula is C26H27FN2O5S. The molecule has 1 aliphatic carbocycles. The maximum Gasteiger partial charge on any atom is 0.337 e. The van der Waals surface area contributed by atoms with E-state index < -0.39 is 22.2 Å². The predicted molar refractivity (Wildman–Crippen MR) is 130 cm³/mol. The number of fused-ring (bicyclic) bond motifs is 1. The normalized spacial score (nSPS) is 13.7. The summed E-state index contributed by atoms with van der Waals surface area (Å²) in [6.45, 7) is 1.10. The van der Waals surface area contributed by atoms with E-state index in [2.05, 4.69) is 4.98 Å². The number of aromatic nitrogens is 1. The van der Waals surface area contributed by atoms with Gasteiger partial charge in [0.25, 0.3) is 10.0 Å². The van der Waals surface area contributed by atoms with Gasteiger partial charge in [0, 0.05) is 12.4 Å². The second-order valence-corrected chi connectivity index (χ2v) is 10.3. The maximum atomic E-state index is 14.3. The van der Waals surface area contributed by atoms with Crippen LogP contribution in [-0.4, -0.2) is 39.2 Å². The second kappa shape index (κ2) is 10.4. The Balaban J connectivity index is 1.71. The van der Waals surface area contributed by atoms with Crippen molar-refractivity contribution in [2.75, 3.05) is 18.0 Å². The molecule has 9 heteroatoms. The number of methoxy groups -OCH3 is 1. The van der Waals surface area contributed by atoms with E-state index in [-0.39, 0.29) is 18.0 Å². The van der Waals surface area contributed by atoms with Crippen LogP contribution in [0.15, 0.2) is 65.8 Å². The van der Waals surface area contributed by atoms with Crippen molar-refractivity contribution in [1.29, 1.82) is 0 Å². The Morgan fingerprint density at radius 2 is 1.86 bits per heavy atom. The molecule has 1 aliphatic rings. The molecular weight excluding hydrogens is 471 g/mol. The predicted octanol–water partition coefficient (Wildman–Crippen LogP) is 4.49. The molecule has 1 unspecified atom stereocenters. The van der Waals surface area contributed by atoms with Crippen LogP contribution in [0, 0.1) is 0 Å². The number of hydrogen-bond donors (Lipinski definition) is 0. The van der Waals surface area contributed by atoms with Gasteiger partial charge in [-0.15, -0.1) is 0 Å². The van der Waals surface area contributed by atoms with E-state index in [1.165, 1.54) is 38.6 Å². The Bertz CT molecular complexity index is 1300. The van der Waals surface area contributed by atoms with Crippen molar-refractivity contribution in [3.8, 4) is 5.75 Å². The Hall–Kier alpha value is -3.46. The van der Waals surface area contributed by atoms with Crippen molar-refractivity contribution < 1.29 is 27.1 Å². The summed E-state index contributed by atoms with van der Waals surface area (Å²) < 4.78 is 53.3. The number of pyridine rings is 1. The average molecular weight is 499 g/mol. The van der Waals surface area contributed by atoms with E-state index in [0.29, 0.717) is 17.0 Å². The van der Waals surface area contributed by atoms with Gasteiger partial charge < -0.3 is 9.47 Å². The van der Waals surface area contributed by atoms with Crippen LogP contribution in [0.2, 0.25) is 0 Å². The molecule has 1 atom stereocenters. The molecule has 4 rings (SSSR count). The Labute approximate surface area is 204 Å². The summed E-state index contributed by atoms with van der Waals surface area (Å²) in [6.07, 6.45) is 3.98. The topological polar surface area (TPSA) is 85.8 Å². The molecule has 1 heterocycles. The van der Waals surface area contributed by atoms with E-state index in [0.717, 1.165) is 40.3 Å². The number of carbonyl (C=O) groups is 1. The molecule has 0 aliphatic heterocycles. The largest absolute Gasteiger partial charge is 0.487 e. The Morgan fingerprint density at radius 1 is 1.14 bits per heavy atom. The summed E-state index contributed by atoms with van der Waals surface area (Å²) in [5.41, 5.74) is 3.62. The number of aryl methyl sites for hydroxylation is 2. The number of rotatable bonds is 9. The van der Waals surface area contributed by atoms with Gasteiger partial charge in [-0.05, 0) is 79.3 Å². The molecule has 0 spiro atoms. The minimum atomic E-state index is -4.09. The second-order valence-electron chi connectivity index (χ2n) is 8.43. The van der Waals surface area contributed by atoms with Crippen molar-refractivity contribution in [3.05, 3.63) is 83.2 Å². The van der Waals surface area contributed by atoms with E-state index in [1.807, 2.05) is 6.07 Å². The number of nitrogens with zero attached hydrogens (tertiary/aromatic N) is 2. The SMILES string of the molecule is COC(=O)c1ccc(COc2cc3c(cc2N(CC(C)F)S(=O)(=O)c2cccnc2)CCC3)cc1. The van der Waals surface area contributed by atoms with Crippen LogP contribution >= 0.6 is 0 Å². The van der Waals surface area contributed by atoms with Crippen molar-refractivity contribution in [1.82, 2.24) is 4.98 Å². The van der Waals surface area contributed by atoms with Crippen molar-refractivity contribution in [2.24, 2.45) is 0 Å². The van der Waals surface area contributed by atoms with Crippen LogP contribution in [0.4, 0.5) is 10.1 Å². The van der Waals surface area contributed by atoms with E-state index >= 15 is 0 Å². The Kier molecular flexibility index (Phi) is 7.35. The molecule has 0 radical (unpaired) electrons. The third-order valence-corrected chi connectivity index (χ3v) is 7.61. The van der Waals surface area contributed by atoms with Gasteiger partial charge in [0.15, 0.2) is 0 Å². The highest BCUT2D eigenvalue weighted by Crippen LogP contribution is 2.39. The van der Waals surface area contributed by atoms with Gasteiger partial charge in [-0.3, -0.25) is 9.29 Å². The summed E-state index contributed by atoms with van der Waals surface area (Å²) in [6, 6.07) is 13.4. The minimum Gasteiger partial charge on any atom is -0.487 e. The zero-order valence-corrected chi connectivity index (χ0v) is 20.4. The van der Waals surface area contributed by atoms with Crippen molar-refractivity contribution in [2.45, 2.75) is 43.9 Å². The van der Waals surface area contributed by atoms with Crippen LogP contribution in [0.3, 0.4) is 0 Å². The van der Waals surface area contributed by atoms with Crippen molar-refractivity contribution >= 4 is 21.7 Å². The summed E-state index contributed by atoms with van der Waals surface area (Å²) in [4.78, 5) is 15.6. The van der Waals surface area contributed by atoms with Crippen LogP contribution in [0.25, 0.3) is 0 Å². The van der Waals surface area contributed by atoms with Crippen LogP contribution < -0.4 is 9.04 Å². The fourth-order valence-electron chi connectivity index (χ4n) is 4.10. The number of halogens is 1. The molecule has 2 aromatic carbocycles. The first-order chi connectivity index (χ1) is 16.8. The lowest BCUT2D eigenvalue weighted by Crippen LogP contribution is -2.36. The fourth-order valence-corrected chi connectivity index (χ4v) is 5.60. The lowest BCUT2D eigenvalue weighted by atomic mass is 10.1. The first-order valence-corrected chi connectivity index (χ1v) is 12.8. The molecule has 0 bridgehead atoms. The third kappa shape index (κ3) is 5.45. The van der Waals surface area contributed by atoms with Crippen LogP contribution in [-0.2, 0) is 34.2 Å². The first kappa shape index (κ1) is 24.7. The number of carbonyl (C=O) groups excluding carboxylic acids is 1. The molecule has 0 N–H and O–H groups in total. The van der Waals surface area contributed by atoms with E-state index in [9.17, 15) is 17.6 Å². The molecule has 0 amide bonds. The van der Waals surface area contributed by atoms with Crippen molar-refractivity contribution in [3.63, 3.8) is 0 Å². The molecule has 3 aromatic rings. The number of alkyl halides is 1. The summed E-state index contributed by atoms with van der Waals surface area (Å²) >= 11 is 0. The fraction of sp³-hybridized carbons (Fsp3) is 0.308. The maximum absolute atomic E-state index is 14.3. The first-order valence-electron chi connectivity index (χ1n) is 11.3. The smallest absolute Gasteiger partial charge is 0.337 e. The standard InChI is InChI=1S/C26H27FN2O5S/c1-18(27)16-29(35(31,32)23-7-4-12-28-15-23)24-13-21-5-3-6-22(21)14-25(24)34-17-19-8-10-20(11-9-19)26(30)33-2/h4,7-15,18H,3,5-6,16-17H2,1-2H3. The molecule has 7 nitrogen and oxygen atoms in total. The van der Waals surface area contributed by atoms with E-state index in [4.69, 9.17) is 9.47 Å². The van der Waals surface area contributed by atoms with Gasteiger partial charge in [0.05, 0.1) is 24.9 Å². The van der Waals surface area contributed by atoms with Gasteiger partial charge in [-0.2, -0.15) is 0 Å². The molecule has 184 valence electrons. The number of benzene rings is 2. The highest BCUT2D eigenvalue weighted by Gasteiger charge is 2.30. The highest BCUT2D eigenvalue weighted by molar-refractivity contribution is 7.92. The number of anilines is 1. The van der Waals surface area contributed by atoms with Gasteiger partial charge >= 0.3 is 5.97 Å². The third-order valence-electron chi connectivity index (χ3n) is 5.85. The summed E-state index contributed by atoms with van der Waals surface area (Å²) in [5.74, 6) is -0.0780. The number of sulfonamides is 1. The monoisotopic (exact) mass is 498 g/mol. The van der Waals surface area contributed by atoms with Crippen LogP contribution in [0.1, 0.15) is 40.4 Å². The molecule has 0 saturated carbocycles. The average Bonchev–Trinajstić information content (AvgIpc) is 3.33. The molecule has 1 aromatic heterocycles. The Morgan fingerprint density at radius 3 is 2.49 bits per heavy atom. The quantitative estimate of drug-likeness (QED) is 0.404. The van der Waals surface area contributed by atoms with Gasteiger partial charge in [0.2, 0.25) is 0 Å². The highest BCUT2D eigenvalue weighted by atomic mass is 32.2. The lowest BCUT2D eigenvalue weighted by molar-refractivity contribution is 0.0600. The summed E-state index contributed by atoms with van der Waals surface area (Å²) in [5, 5.41) is 0. The number of esters is 1. The zero-order chi connectivity index (χ0) is 25.0. The molecule has 35 heavy (non-hydrogen) atoms. The number of hydrogen-bond acceptors (Lipinski definition) is 6. The van der Waals surface area contributed by atoms with Crippen LogP contribution in [0.5, 0.6) is 5.75 Å². The molecule has 0 saturated heterocycles. The lowest BCUT2D eigenvalue weighted by Gasteiger charge is -2.27.